The second kappa shape index (κ2) is 4.96. The van der Waals surface area contributed by atoms with Crippen molar-refractivity contribution in [2.24, 2.45) is 0 Å². The lowest BCUT2D eigenvalue weighted by molar-refractivity contribution is 0.517. The van der Waals surface area contributed by atoms with Crippen molar-refractivity contribution in [3.8, 4) is 0 Å². The van der Waals surface area contributed by atoms with Crippen LogP contribution in [0.3, 0.4) is 0 Å². The summed E-state index contributed by atoms with van der Waals surface area (Å²) in [5.74, 6) is 0. The van der Waals surface area contributed by atoms with Crippen molar-refractivity contribution in [1.82, 2.24) is 5.32 Å². The fourth-order valence-electron chi connectivity index (χ4n) is 0.822. The molecular formula is C9H21NO2S. The summed E-state index contributed by atoms with van der Waals surface area (Å²) < 4.78 is 21.9. The van der Waals surface area contributed by atoms with Gasteiger partial charge >= 0.3 is 0 Å². The van der Waals surface area contributed by atoms with Crippen LogP contribution >= 0.6 is 0 Å². The second-order valence-corrected chi connectivity index (χ2v) is 6.71. The topological polar surface area (TPSA) is 46.2 Å². The Morgan fingerprint density at radius 2 is 1.85 bits per heavy atom. The molecule has 0 aromatic carbocycles. The van der Waals surface area contributed by atoms with Crippen LogP contribution in [0.5, 0.6) is 0 Å². The summed E-state index contributed by atoms with van der Waals surface area (Å²) in [5.41, 5.74) is 0. The van der Waals surface area contributed by atoms with Gasteiger partial charge in [-0.2, -0.15) is 0 Å². The first kappa shape index (κ1) is 12.9. The van der Waals surface area contributed by atoms with Crippen molar-refractivity contribution in [1.29, 1.82) is 0 Å². The molecule has 0 rings (SSSR count). The summed E-state index contributed by atoms with van der Waals surface area (Å²) in [4.78, 5) is 0. The molecule has 0 aliphatic heterocycles. The number of hydrogen-bond donors (Lipinski definition) is 1. The highest BCUT2D eigenvalue weighted by Gasteiger charge is 2.29. The Bertz CT molecular complexity index is 232. The monoisotopic (exact) mass is 207 g/mol. The fraction of sp³-hybridized carbons (Fsp3) is 1.00. The third-order valence-electron chi connectivity index (χ3n) is 2.26. The summed E-state index contributed by atoms with van der Waals surface area (Å²) >= 11 is 0. The molecule has 13 heavy (non-hydrogen) atoms. The van der Waals surface area contributed by atoms with Gasteiger partial charge in [0.25, 0.3) is 0 Å². The maximum Gasteiger partial charge on any atom is 0.153 e. The van der Waals surface area contributed by atoms with Crippen molar-refractivity contribution < 1.29 is 8.42 Å². The molecule has 0 amide bonds. The van der Waals surface area contributed by atoms with Crippen LogP contribution in [0, 0.1) is 0 Å². The zero-order chi connectivity index (χ0) is 10.5. The first-order valence-corrected chi connectivity index (χ1v) is 6.60. The van der Waals surface area contributed by atoms with E-state index < -0.39 is 14.6 Å². The molecule has 0 heterocycles. The minimum Gasteiger partial charge on any atom is -0.315 e. The smallest absolute Gasteiger partial charge is 0.153 e. The first-order chi connectivity index (χ1) is 5.81. The van der Waals surface area contributed by atoms with Crippen molar-refractivity contribution in [3.63, 3.8) is 0 Å². The van der Waals surface area contributed by atoms with E-state index in [0.29, 0.717) is 6.54 Å². The minimum atomic E-state index is -2.95. The predicted molar refractivity (Wildman–Crippen MR) is 56.7 cm³/mol. The summed E-state index contributed by atoms with van der Waals surface area (Å²) in [7, 11) is -2.95. The van der Waals surface area contributed by atoms with Crippen LogP contribution in [0.2, 0.25) is 0 Å². The molecule has 4 heteroatoms. The van der Waals surface area contributed by atoms with Gasteiger partial charge < -0.3 is 5.32 Å². The van der Waals surface area contributed by atoms with Gasteiger partial charge in [-0.1, -0.05) is 13.3 Å². The highest BCUT2D eigenvalue weighted by Crippen LogP contribution is 2.13. The summed E-state index contributed by atoms with van der Waals surface area (Å²) in [6, 6.07) is 0. The van der Waals surface area contributed by atoms with Gasteiger partial charge in [0.1, 0.15) is 0 Å². The van der Waals surface area contributed by atoms with Gasteiger partial charge in [0.15, 0.2) is 9.84 Å². The molecule has 0 aliphatic carbocycles. The number of unbranched alkanes of at least 4 members (excludes halogenated alkanes) is 1. The zero-order valence-corrected chi connectivity index (χ0v) is 9.87. The van der Waals surface area contributed by atoms with E-state index in [-0.39, 0.29) is 0 Å². The number of nitrogens with one attached hydrogen (secondary N) is 1. The van der Waals surface area contributed by atoms with Crippen molar-refractivity contribution >= 4 is 9.84 Å². The largest absolute Gasteiger partial charge is 0.315 e. The highest BCUT2D eigenvalue weighted by atomic mass is 32.2. The Morgan fingerprint density at radius 1 is 1.31 bits per heavy atom. The van der Waals surface area contributed by atoms with Crippen LogP contribution in [0.1, 0.15) is 33.6 Å². The zero-order valence-electron chi connectivity index (χ0n) is 9.05. The Morgan fingerprint density at radius 3 is 2.23 bits per heavy atom. The average molecular weight is 207 g/mol. The van der Waals surface area contributed by atoms with Crippen molar-refractivity contribution in [2.45, 2.75) is 38.4 Å². The van der Waals surface area contributed by atoms with Crippen LogP contribution in [-0.4, -0.2) is 32.5 Å². The molecule has 0 unspecified atom stereocenters. The molecule has 0 atom stereocenters. The first-order valence-electron chi connectivity index (χ1n) is 4.71. The van der Waals surface area contributed by atoms with Gasteiger partial charge in [-0.3, -0.25) is 0 Å². The standard InChI is InChI=1S/C9H21NO2S/c1-5-6-7-10-8-9(2,3)13(4,11)12/h10H,5-8H2,1-4H3. The van der Waals surface area contributed by atoms with E-state index >= 15 is 0 Å². The minimum absolute atomic E-state index is 0.534. The quantitative estimate of drug-likeness (QED) is 0.666. The van der Waals surface area contributed by atoms with E-state index in [0.717, 1.165) is 19.4 Å². The molecule has 0 radical (unpaired) electrons. The number of rotatable bonds is 6. The molecule has 0 bridgehead atoms. The molecule has 0 aliphatic rings. The van der Waals surface area contributed by atoms with Gasteiger partial charge in [0.05, 0.1) is 4.75 Å². The normalized spacial score (nSPS) is 13.2. The summed E-state index contributed by atoms with van der Waals surface area (Å²) in [5, 5.41) is 3.15. The molecule has 0 aromatic rings. The summed E-state index contributed by atoms with van der Waals surface area (Å²) in [6.45, 7) is 7.05. The fourth-order valence-corrected chi connectivity index (χ4v) is 1.19. The predicted octanol–water partition coefficient (Wildman–Crippen LogP) is 1.20. The lowest BCUT2D eigenvalue weighted by Crippen LogP contribution is -2.41. The molecule has 0 saturated heterocycles. The van der Waals surface area contributed by atoms with E-state index in [4.69, 9.17) is 0 Å². The maximum absolute atomic E-state index is 11.3. The van der Waals surface area contributed by atoms with Crippen LogP contribution in [0.25, 0.3) is 0 Å². The van der Waals surface area contributed by atoms with E-state index in [1.165, 1.54) is 6.26 Å². The van der Waals surface area contributed by atoms with E-state index in [1.807, 2.05) is 0 Å². The number of sulfone groups is 1. The van der Waals surface area contributed by atoms with Gasteiger partial charge in [-0.05, 0) is 26.8 Å². The third kappa shape index (κ3) is 4.62. The van der Waals surface area contributed by atoms with E-state index in [1.54, 1.807) is 13.8 Å². The average Bonchev–Trinajstić information content (AvgIpc) is 1.96. The molecule has 0 fully saturated rings. The van der Waals surface area contributed by atoms with Gasteiger partial charge in [0, 0.05) is 12.8 Å². The Hall–Kier alpha value is -0.0900. The molecule has 0 saturated carbocycles. The molecule has 1 N–H and O–H groups in total. The molecule has 80 valence electrons. The van der Waals surface area contributed by atoms with Crippen LogP contribution in [-0.2, 0) is 9.84 Å². The van der Waals surface area contributed by atoms with Crippen LogP contribution < -0.4 is 5.32 Å². The third-order valence-corrected chi connectivity index (χ3v) is 4.41. The Balaban J connectivity index is 3.91. The van der Waals surface area contributed by atoms with Crippen LogP contribution in [0.4, 0.5) is 0 Å². The molecule has 0 spiro atoms. The van der Waals surface area contributed by atoms with Gasteiger partial charge in [-0.15, -0.1) is 0 Å². The van der Waals surface area contributed by atoms with E-state index in [2.05, 4.69) is 12.2 Å². The maximum atomic E-state index is 11.3. The second-order valence-electron chi connectivity index (χ2n) is 4.06. The number of hydrogen-bond acceptors (Lipinski definition) is 3. The van der Waals surface area contributed by atoms with Gasteiger partial charge in [-0.25, -0.2) is 8.42 Å². The Kier molecular flexibility index (Phi) is 4.92. The Labute approximate surface area is 81.8 Å². The molecule has 3 nitrogen and oxygen atoms in total. The van der Waals surface area contributed by atoms with Crippen LogP contribution in [0.15, 0.2) is 0 Å². The summed E-state index contributed by atoms with van der Waals surface area (Å²) in [6.07, 6.45) is 3.51. The molecular weight excluding hydrogens is 186 g/mol. The lowest BCUT2D eigenvalue weighted by Gasteiger charge is -2.22. The van der Waals surface area contributed by atoms with E-state index in [9.17, 15) is 8.42 Å². The van der Waals surface area contributed by atoms with Crippen molar-refractivity contribution in [2.75, 3.05) is 19.3 Å². The SMILES string of the molecule is CCCCNCC(C)(C)S(C)(=O)=O. The highest BCUT2D eigenvalue weighted by molar-refractivity contribution is 7.92. The lowest BCUT2D eigenvalue weighted by atomic mass is 10.2. The van der Waals surface area contributed by atoms with Gasteiger partial charge in [0.2, 0.25) is 0 Å². The van der Waals surface area contributed by atoms with Crippen molar-refractivity contribution in [3.05, 3.63) is 0 Å². The molecule has 0 aromatic heterocycles.